The molecule has 0 bridgehead atoms. The van der Waals surface area contributed by atoms with Gasteiger partial charge < -0.3 is 25.8 Å². The molecule has 7 heteroatoms. The average Bonchev–Trinajstić information content (AvgIpc) is 2.36. The molecule has 6 nitrogen and oxygen atoms in total. The largest absolute Gasteiger partial charge is 0.508 e. The molecule has 1 rings (SSSR count). The Morgan fingerprint density at radius 1 is 1.27 bits per heavy atom. The number of benzene rings is 1. The number of nitrogens with one attached hydrogen (secondary N) is 3. The van der Waals surface area contributed by atoms with Crippen LogP contribution in [0.15, 0.2) is 18.2 Å². The minimum absolute atomic E-state index is 0.212. The molecule has 0 aliphatic heterocycles. The van der Waals surface area contributed by atoms with Gasteiger partial charge in [-0.05, 0) is 63.7 Å². The molecule has 1 amide bonds. The number of amides is 1. The summed E-state index contributed by atoms with van der Waals surface area (Å²) in [6.07, 6.45) is -0.456. The van der Waals surface area contributed by atoms with E-state index in [9.17, 15) is 9.90 Å². The second-order valence-electron chi connectivity index (χ2n) is 5.81. The van der Waals surface area contributed by atoms with Crippen LogP contribution in [0, 0.1) is 6.92 Å². The topological polar surface area (TPSA) is 82.6 Å². The van der Waals surface area contributed by atoms with E-state index in [1.807, 2.05) is 27.7 Å². The van der Waals surface area contributed by atoms with Crippen molar-refractivity contribution in [3.05, 3.63) is 23.8 Å². The zero-order valence-corrected chi connectivity index (χ0v) is 14.1. The molecule has 0 unspecified atom stereocenters. The number of alkyl carbamates (subject to hydrolysis) is 1. The summed E-state index contributed by atoms with van der Waals surface area (Å²) in [6.45, 7) is 8.17. The SMILES string of the molecule is Cc1cc(O)ccc1NC(=S)NCCNC(=O)OC(C)(C)C. The maximum atomic E-state index is 11.4. The monoisotopic (exact) mass is 325 g/mol. The molecule has 0 spiro atoms. The fraction of sp³-hybridized carbons (Fsp3) is 0.467. The molecule has 0 saturated carbocycles. The number of phenols is 1. The number of hydrogen-bond donors (Lipinski definition) is 4. The third-order valence-electron chi connectivity index (χ3n) is 2.54. The van der Waals surface area contributed by atoms with Gasteiger partial charge in [0.25, 0.3) is 0 Å². The van der Waals surface area contributed by atoms with E-state index in [1.165, 1.54) is 0 Å². The minimum Gasteiger partial charge on any atom is -0.508 e. The first-order valence-electron chi connectivity index (χ1n) is 6.99. The molecule has 1 aromatic rings. The van der Waals surface area contributed by atoms with Crippen molar-refractivity contribution >= 4 is 29.1 Å². The first kappa shape index (κ1) is 18.0. The second-order valence-corrected chi connectivity index (χ2v) is 6.22. The lowest BCUT2D eigenvalue weighted by Crippen LogP contribution is -2.39. The van der Waals surface area contributed by atoms with E-state index in [0.717, 1.165) is 11.3 Å². The zero-order valence-electron chi connectivity index (χ0n) is 13.3. The summed E-state index contributed by atoms with van der Waals surface area (Å²) in [4.78, 5) is 11.4. The smallest absolute Gasteiger partial charge is 0.407 e. The predicted molar refractivity (Wildman–Crippen MR) is 91.3 cm³/mol. The summed E-state index contributed by atoms with van der Waals surface area (Å²) < 4.78 is 5.12. The highest BCUT2D eigenvalue weighted by Crippen LogP contribution is 2.19. The van der Waals surface area contributed by atoms with Crippen LogP contribution in [0.1, 0.15) is 26.3 Å². The highest BCUT2D eigenvalue weighted by atomic mass is 32.1. The average molecular weight is 325 g/mol. The number of aryl methyl sites for hydroxylation is 1. The Morgan fingerprint density at radius 3 is 2.50 bits per heavy atom. The van der Waals surface area contributed by atoms with Crippen molar-refractivity contribution in [2.24, 2.45) is 0 Å². The highest BCUT2D eigenvalue weighted by Gasteiger charge is 2.15. The van der Waals surface area contributed by atoms with E-state index in [1.54, 1.807) is 18.2 Å². The summed E-state index contributed by atoms with van der Waals surface area (Å²) >= 11 is 5.17. The van der Waals surface area contributed by atoms with Crippen LogP contribution in [0.2, 0.25) is 0 Å². The number of hydrogen-bond acceptors (Lipinski definition) is 4. The number of carbonyl (C=O) groups is 1. The lowest BCUT2D eigenvalue weighted by molar-refractivity contribution is 0.0529. The van der Waals surface area contributed by atoms with Crippen LogP contribution in [0.25, 0.3) is 0 Å². The lowest BCUT2D eigenvalue weighted by atomic mass is 10.2. The predicted octanol–water partition coefficient (Wildman–Crippen LogP) is 2.51. The standard InChI is InChI=1S/C15H23N3O3S/c1-10-9-11(19)5-6-12(10)18-13(22)16-7-8-17-14(20)21-15(2,3)4/h5-6,9,19H,7-8H2,1-4H3,(H,17,20)(H2,16,18,22). The van der Waals surface area contributed by atoms with Crippen molar-refractivity contribution in [1.29, 1.82) is 0 Å². The van der Waals surface area contributed by atoms with Gasteiger partial charge in [0, 0.05) is 18.8 Å². The first-order chi connectivity index (χ1) is 10.2. The van der Waals surface area contributed by atoms with Crippen LogP contribution in [-0.2, 0) is 4.74 Å². The van der Waals surface area contributed by atoms with Crippen LogP contribution in [0.3, 0.4) is 0 Å². The number of phenolic OH excluding ortho intramolecular Hbond substituents is 1. The number of aromatic hydroxyl groups is 1. The Morgan fingerprint density at radius 2 is 1.91 bits per heavy atom. The van der Waals surface area contributed by atoms with E-state index in [2.05, 4.69) is 16.0 Å². The Balaban J connectivity index is 2.28. The van der Waals surface area contributed by atoms with E-state index in [0.29, 0.717) is 18.2 Å². The molecule has 122 valence electrons. The fourth-order valence-electron chi connectivity index (χ4n) is 1.61. The third kappa shape index (κ3) is 7.12. The highest BCUT2D eigenvalue weighted by molar-refractivity contribution is 7.80. The maximum Gasteiger partial charge on any atom is 0.407 e. The summed E-state index contributed by atoms with van der Waals surface area (Å²) in [5.41, 5.74) is 1.19. The van der Waals surface area contributed by atoms with Crippen LogP contribution in [0.5, 0.6) is 5.75 Å². The molecule has 0 saturated heterocycles. The van der Waals surface area contributed by atoms with Gasteiger partial charge in [0.1, 0.15) is 11.4 Å². The Bertz CT molecular complexity index is 541. The molecule has 4 N–H and O–H groups in total. The van der Waals surface area contributed by atoms with Gasteiger partial charge in [-0.2, -0.15) is 0 Å². The van der Waals surface area contributed by atoms with Crippen LogP contribution in [-0.4, -0.2) is 35.0 Å². The van der Waals surface area contributed by atoms with Gasteiger partial charge in [0.15, 0.2) is 5.11 Å². The molecule has 1 aromatic carbocycles. The third-order valence-corrected chi connectivity index (χ3v) is 2.78. The maximum absolute atomic E-state index is 11.4. The van der Waals surface area contributed by atoms with Crippen molar-refractivity contribution in [3.63, 3.8) is 0 Å². The van der Waals surface area contributed by atoms with Gasteiger partial charge in [0.05, 0.1) is 0 Å². The number of anilines is 1. The summed E-state index contributed by atoms with van der Waals surface area (Å²) in [7, 11) is 0. The van der Waals surface area contributed by atoms with Crippen molar-refractivity contribution in [2.75, 3.05) is 18.4 Å². The second kappa shape index (κ2) is 7.84. The van der Waals surface area contributed by atoms with Crippen molar-refractivity contribution in [2.45, 2.75) is 33.3 Å². The Kier molecular flexibility index (Phi) is 6.42. The number of carbonyl (C=O) groups excluding carboxylic acids is 1. The minimum atomic E-state index is -0.509. The van der Waals surface area contributed by atoms with Crippen molar-refractivity contribution in [3.8, 4) is 5.75 Å². The van der Waals surface area contributed by atoms with Gasteiger partial charge in [-0.1, -0.05) is 0 Å². The first-order valence-corrected chi connectivity index (χ1v) is 7.39. The van der Waals surface area contributed by atoms with Crippen LogP contribution >= 0.6 is 12.2 Å². The Hall–Kier alpha value is -2.02. The molecular formula is C15H23N3O3S. The summed E-state index contributed by atoms with van der Waals surface area (Å²) in [5, 5.41) is 18.4. The molecule has 0 atom stereocenters. The van der Waals surface area contributed by atoms with E-state index in [-0.39, 0.29) is 5.75 Å². The molecule has 0 fully saturated rings. The number of thiocarbonyl (C=S) groups is 1. The lowest BCUT2D eigenvalue weighted by Gasteiger charge is -2.19. The van der Waals surface area contributed by atoms with Gasteiger partial charge in [0.2, 0.25) is 0 Å². The van der Waals surface area contributed by atoms with Crippen molar-refractivity contribution < 1.29 is 14.6 Å². The van der Waals surface area contributed by atoms with Crippen LogP contribution < -0.4 is 16.0 Å². The molecule has 0 aliphatic carbocycles. The normalized spacial score (nSPS) is 10.7. The van der Waals surface area contributed by atoms with Gasteiger partial charge in [-0.15, -0.1) is 0 Å². The van der Waals surface area contributed by atoms with Gasteiger partial charge in [-0.25, -0.2) is 4.79 Å². The number of ether oxygens (including phenoxy) is 1. The van der Waals surface area contributed by atoms with E-state index < -0.39 is 11.7 Å². The molecule has 0 heterocycles. The summed E-state index contributed by atoms with van der Waals surface area (Å²) in [6, 6.07) is 4.98. The summed E-state index contributed by atoms with van der Waals surface area (Å²) in [5.74, 6) is 0.212. The molecular weight excluding hydrogens is 302 g/mol. The van der Waals surface area contributed by atoms with E-state index >= 15 is 0 Å². The Labute approximate surface area is 136 Å². The van der Waals surface area contributed by atoms with Crippen LogP contribution in [0.4, 0.5) is 10.5 Å². The zero-order chi connectivity index (χ0) is 16.8. The van der Waals surface area contributed by atoms with Gasteiger partial charge in [-0.3, -0.25) is 0 Å². The molecule has 0 radical (unpaired) electrons. The molecule has 0 aromatic heterocycles. The molecule has 22 heavy (non-hydrogen) atoms. The quantitative estimate of drug-likeness (QED) is 0.387. The number of rotatable bonds is 4. The van der Waals surface area contributed by atoms with Gasteiger partial charge >= 0.3 is 6.09 Å². The van der Waals surface area contributed by atoms with E-state index in [4.69, 9.17) is 17.0 Å². The fourth-order valence-corrected chi connectivity index (χ4v) is 1.82. The van der Waals surface area contributed by atoms with Crippen molar-refractivity contribution in [1.82, 2.24) is 10.6 Å². The molecule has 0 aliphatic rings.